The maximum absolute atomic E-state index is 12.0. The fraction of sp³-hybridized carbons (Fsp3) is 0.818. The van der Waals surface area contributed by atoms with Gasteiger partial charge in [-0.1, -0.05) is 6.92 Å². The molecule has 0 aliphatic rings. The summed E-state index contributed by atoms with van der Waals surface area (Å²) in [5.74, 6) is -1.36. The molecule has 0 rings (SSSR count). The summed E-state index contributed by atoms with van der Waals surface area (Å²) in [7, 11) is 1.65. The normalized spacial score (nSPS) is 12.9. The average Bonchev–Trinajstić information content (AvgIpc) is 2.23. The van der Waals surface area contributed by atoms with Crippen LogP contribution in [0.1, 0.15) is 33.6 Å². The van der Waals surface area contributed by atoms with Gasteiger partial charge in [-0.05, 0) is 20.3 Å². The van der Waals surface area contributed by atoms with E-state index in [1.165, 1.54) is 4.90 Å². The summed E-state index contributed by atoms with van der Waals surface area (Å²) in [6.07, 6.45) is 0.298. The van der Waals surface area contributed by atoms with Crippen molar-refractivity contribution in [1.29, 1.82) is 0 Å². The highest BCUT2D eigenvalue weighted by Gasteiger charge is 2.26. The Bertz CT molecular complexity index is 320. The molecular weight excluding hydrogens is 256 g/mol. The van der Waals surface area contributed by atoms with Crippen LogP contribution < -0.4 is 0 Å². The Kier molecular flexibility index (Phi) is 6.90. The fourth-order valence-electron chi connectivity index (χ4n) is 1.62. The van der Waals surface area contributed by atoms with Gasteiger partial charge in [0, 0.05) is 42.5 Å². The van der Waals surface area contributed by atoms with Crippen molar-refractivity contribution in [2.24, 2.45) is 10.5 Å². The lowest BCUT2D eigenvalue weighted by Gasteiger charge is -2.28. The second-order valence-electron chi connectivity index (χ2n) is 4.95. The molecule has 1 unspecified atom stereocenters. The van der Waals surface area contributed by atoms with Crippen LogP contribution in [-0.2, 0) is 9.59 Å². The summed E-state index contributed by atoms with van der Waals surface area (Å²) < 4.78 is 2.33. The van der Waals surface area contributed by atoms with Crippen molar-refractivity contribution in [2.75, 3.05) is 13.6 Å². The third-order valence-corrected chi connectivity index (χ3v) is 3.19. The number of carbonyl (C=O) groups excluding carboxylic acids is 1. The van der Waals surface area contributed by atoms with E-state index < -0.39 is 10.7 Å². The average molecular weight is 276 g/mol. The Balaban J connectivity index is 4.32. The third kappa shape index (κ3) is 6.58. The zero-order chi connectivity index (χ0) is 14.3. The molecule has 0 spiro atoms. The minimum absolute atomic E-state index is 0.0191. The van der Waals surface area contributed by atoms with Crippen molar-refractivity contribution in [2.45, 2.75) is 38.4 Å². The number of carboxylic acid groups (broad SMARTS) is 1. The molecule has 0 bridgehead atoms. The number of hydrogen-bond donors (Lipinski definition) is 1. The Morgan fingerprint density at radius 2 is 2.00 bits per heavy atom. The van der Waals surface area contributed by atoms with Crippen LogP contribution in [0.5, 0.6) is 0 Å². The highest BCUT2D eigenvalue weighted by atomic mass is 32.2. The Morgan fingerprint density at radius 3 is 2.44 bits per heavy atom. The Hall–Kier alpha value is -1.11. The number of nitroso groups, excluding NO2 is 1. The van der Waals surface area contributed by atoms with E-state index in [2.05, 4.69) is 4.58 Å². The molecule has 1 atom stereocenters. The van der Waals surface area contributed by atoms with Crippen LogP contribution in [0.2, 0.25) is 0 Å². The maximum atomic E-state index is 12.0. The molecule has 104 valence electrons. The Labute approximate surface area is 111 Å². The van der Waals surface area contributed by atoms with Gasteiger partial charge in [0.05, 0.1) is 4.75 Å². The van der Waals surface area contributed by atoms with Crippen LogP contribution in [0.25, 0.3) is 0 Å². The number of rotatable bonds is 8. The first-order valence-corrected chi connectivity index (χ1v) is 6.44. The number of carbonyl (C=O) groups is 2. The van der Waals surface area contributed by atoms with E-state index in [9.17, 15) is 14.5 Å². The summed E-state index contributed by atoms with van der Waals surface area (Å²) >= 11 is 0.891. The molecule has 0 radical (unpaired) electrons. The van der Waals surface area contributed by atoms with Gasteiger partial charge in [0.25, 0.3) is 0 Å². The molecule has 7 heteroatoms. The van der Waals surface area contributed by atoms with Crippen molar-refractivity contribution < 1.29 is 14.7 Å². The van der Waals surface area contributed by atoms with Crippen LogP contribution in [0.4, 0.5) is 0 Å². The van der Waals surface area contributed by atoms with Crippen molar-refractivity contribution in [3.63, 3.8) is 0 Å². The summed E-state index contributed by atoms with van der Waals surface area (Å²) in [5.41, 5.74) is 0. The lowest BCUT2D eigenvalue weighted by Crippen LogP contribution is -2.40. The molecule has 18 heavy (non-hydrogen) atoms. The van der Waals surface area contributed by atoms with Gasteiger partial charge in [0.1, 0.15) is 0 Å². The van der Waals surface area contributed by atoms with Gasteiger partial charge in [-0.2, -0.15) is 0 Å². The molecule has 0 saturated heterocycles. The molecule has 0 aliphatic carbocycles. The van der Waals surface area contributed by atoms with E-state index in [0.717, 1.165) is 11.9 Å². The van der Waals surface area contributed by atoms with Crippen molar-refractivity contribution in [1.82, 2.24) is 4.90 Å². The van der Waals surface area contributed by atoms with Crippen LogP contribution in [0.3, 0.4) is 0 Å². The highest BCUT2D eigenvalue weighted by Crippen LogP contribution is 2.26. The number of hydrogen-bond acceptors (Lipinski definition) is 5. The maximum Gasteiger partial charge on any atom is 0.303 e. The molecule has 0 aliphatic heterocycles. The predicted molar refractivity (Wildman–Crippen MR) is 71.1 cm³/mol. The zero-order valence-electron chi connectivity index (χ0n) is 11.2. The summed E-state index contributed by atoms with van der Waals surface area (Å²) in [5, 5.41) is 8.56. The van der Waals surface area contributed by atoms with Gasteiger partial charge < -0.3 is 10.0 Å². The molecule has 0 fully saturated rings. The van der Waals surface area contributed by atoms with Gasteiger partial charge in [0.15, 0.2) is 0 Å². The molecular formula is C11H20N2O4S. The van der Waals surface area contributed by atoms with E-state index in [1.54, 1.807) is 14.0 Å². The van der Waals surface area contributed by atoms with Crippen molar-refractivity contribution in [3.8, 4) is 0 Å². The smallest absolute Gasteiger partial charge is 0.303 e. The molecule has 0 aromatic heterocycles. The predicted octanol–water partition coefficient (Wildman–Crippen LogP) is 2.14. The molecule has 0 heterocycles. The standard InChI is InChI=1S/C11H20N2O4S/c1-8(5-6-9(14)15)10(16)13(4)7-11(2,3)18-12-17/h8H,5-7H2,1-4H3,(H,14,15). The molecule has 1 amide bonds. The first-order valence-electron chi connectivity index (χ1n) is 5.67. The number of amides is 1. The van der Waals surface area contributed by atoms with Gasteiger partial charge >= 0.3 is 5.97 Å². The molecule has 1 N–H and O–H groups in total. The number of aliphatic carboxylic acids is 1. The van der Waals surface area contributed by atoms with E-state index in [1.807, 2.05) is 13.8 Å². The fourth-order valence-corrected chi connectivity index (χ4v) is 2.07. The number of nitrogens with zero attached hydrogens (tertiary/aromatic N) is 2. The monoisotopic (exact) mass is 276 g/mol. The summed E-state index contributed by atoms with van der Waals surface area (Å²) in [6, 6.07) is 0. The molecule has 6 nitrogen and oxygen atoms in total. The van der Waals surface area contributed by atoms with Gasteiger partial charge in [0.2, 0.25) is 5.91 Å². The molecule has 0 aromatic rings. The van der Waals surface area contributed by atoms with E-state index in [-0.39, 0.29) is 18.2 Å². The largest absolute Gasteiger partial charge is 0.481 e. The summed E-state index contributed by atoms with van der Waals surface area (Å²) in [4.78, 5) is 34.1. The second-order valence-corrected chi connectivity index (χ2v) is 6.39. The number of carboxylic acids is 1. The van der Waals surface area contributed by atoms with E-state index >= 15 is 0 Å². The first-order chi connectivity index (χ1) is 8.19. The van der Waals surface area contributed by atoms with E-state index in [0.29, 0.717) is 13.0 Å². The van der Waals surface area contributed by atoms with Crippen LogP contribution in [-0.4, -0.2) is 40.2 Å². The first kappa shape index (κ1) is 16.9. The lowest BCUT2D eigenvalue weighted by atomic mass is 10.0. The summed E-state index contributed by atoms with van der Waals surface area (Å²) in [6.45, 7) is 5.75. The van der Waals surface area contributed by atoms with Crippen LogP contribution in [0.15, 0.2) is 4.58 Å². The minimum atomic E-state index is -0.904. The highest BCUT2D eigenvalue weighted by molar-refractivity contribution is 7.99. The van der Waals surface area contributed by atoms with Crippen LogP contribution >= 0.6 is 11.9 Å². The SMILES string of the molecule is CC(CCC(=O)O)C(=O)N(C)CC(C)(C)SN=O. The van der Waals surface area contributed by atoms with Crippen molar-refractivity contribution in [3.05, 3.63) is 4.91 Å². The lowest BCUT2D eigenvalue weighted by molar-refractivity contribution is -0.138. The van der Waals surface area contributed by atoms with Gasteiger partial charge in [-0.25, -0.2) is 0 Å². The third-order valence-electron chi connectivity index (χ3n) is 2.49. The minimum Gasteiger partial charge on any atom is -0.481 e. The van der Waals surface area contributed by atoms with Gasteiger partial charge in [-0.15, -0.1) is 4.91 Å². The molecule has 0 aromatic carbocycles. The molecule has 0 saturated carbocycles. The van der Waals surface area contributed by atoms with Crippen molar-refractivity contribution >= 4 is 23.8 Å². The second kappa shape index (κ2) is 7.35. The Morgan fingerprint density at radius 1 is 1.44 bits per heavy atom. The topological polar surface area (TPSA) is 87.0 Å². The van der Waals surface area contributed by atoms with Gasteiger partial charge in [-0.3, -0.25) is 9.59 Å². The zero-order valence-corrected chi connectivity index (χ0v) is 12.0. The van der Waals surface area contributed by atoms with E-state index in [4.69, 9.17) is 5.11 Å². The van der Waals surface area contributed by atoms with Crippen LogP contribution in [0, 0.1) is 10.8 Å². The quantitative estimate of drug-likeness (QED) is 0.542.